The predicted molar refractivity (Wildman–Crippen MR) is 163 cm³/mol. The number of carbonyl (C=O) groups is 1. The Morgan fingerprint density at radius 2 is 1.77 bits per heavy atom. The van der Waals surface area contributed by atoms with Crippen LogP contribution in [-0.4, -0.2) is 74.5 Å². The van der Waals surface area contributed by atoms with Gasteiger partial charge < -0.3 is 19.5 Å². The molecular formula is C29H28ClF3N6O3S. The molecule has 0 bridgehead atoms. The van der Waals surface area contributed by atoms with Crippen LogP contribution in [0, 0.1) is 0 Å². The van der Waals surface area contributed by atoms with Crippen LogP contribution < -0.4 is 10.5 Å². The Hall–Kier alpha value is -3.94. The summed E-state index contributed by atoms with van der Waals surface area (Å²) in [5, 5.41) is 7.81. The molecule has 0 saturated carbocycles. The van der Waals surface area contributed by atoms with E-state index >= 15 is 0 Å². The molecular weight excluding hydrogens is 605 g/mol. The first-order chi connectivity index (χ1) is 20.4. The Morgan fingerprint density at radius 1 is 1.09 bits per heavy atom. The van der Waals surface area contributed by atoms with Gasteiger partial charge in [-0.25, -0.2) is 14.8 Å². The normalized spacial score (nSPS) is 13.8. The second-order valence-corrected chi connectivity index (χ2v) is 11.7. The van der Waals surface area contributed by atoms with Gasteiger partial charge in [0.25, 0.3) is 5.56 Å². The Labute approximate surface area is 253 Å². The molecule has 3 aromatic heterocycles. The maximum Gasteiger partial charge on any atom is 0.490 e. The molecule has 0 spiro atoms. The van der Waals surface area contributed by atoms with Crippen molar-refractivity contribution in [3.8, 4) is 16.1 Å². The molecule has 43 heavy (non-hydrogen) atoms. The monoisotopic (exact) mass is 632 g/mol. The first-order valence-corrected chi connectivity index (χ1v) is 14.6. The zero-order chi connectivity index (χ0) is 30.9. The van der Waals surface area contributed by atoms with Gasteiger partial charge in [0.2, 0.25) is 5.95 Å². The van der Waals surface area contributed by atoms with Gasteiger partial charge in [-0.2, -0.15) is 13.2 Å². The number of halogens is 4. The van der Waals surface area contributed by atoms with Crippen molar-refractivity contribution in [2.24, 2.45) is 7.05 Å². The number of alkyl halides is 3. The number of likely N-dealkylation sites (tertiary alicyclic amines) is 1. The highest BCUT2D eigenvalue weighted by atomic mass is 35.5. The number of benzene rings is 2. The van der Waals surface area contributed by atoms with E-state index in [9.17, 15) is 18.0 Å². The van der Waals surface area contributed by atoms with Crippen LogP contribution in [0.1, 0.15) is 12.8 Å². The third-order valence-corrected chi connectivity index (χ3v) is 8.63. The summed E-state index contributed by atoms with van der Waals surface area (Å²) in [6, 6.07) is 15.5. The molecule has 9 nitrogen and oxygen atoms in total. The Morgan fingerprint density at radius 3 is 2.42 bits per heavy atom. The number of thiophene rings is 1. The quantitative estimate of drug-likeness (QED) is 0.252. The average molecular weight is 633 g/mol. The van der Waals surface area contributed by atoms with E-state index in [-0.39, 0.29) is 5.56 Å². The number of imidazole rings is 1. The van der Waals surface area contributed by atoms with Gasteiger partial charge >= 0.3 is 12.1 Å². The number of rotatable bonds is 6. The SMILES string of the molecule is CN(CCN1CCCC1)c1nc2ccc(-n3cnc4cc(-c5ccc(Cl)cc5)sc4c3=O)cc2n1C.O=C(O)C(F)(F)F. The van der Waals surface area contributed by atoms with Gasteiger partial charge in [-0.05, 0) is 67.9 Å². The van der Waals surface area contributed by atoms with Gasteiger partial charge in [-0.3, -0.25) is 9.36 Å². The first-order valence-electron chi connectivity index (χ1n) is 13.4. The van der Waals surface area contributed by atoms with Crippen LogP contribution in [0.5, 0.6) is 0 Å². The molecule has 1 saturated heterocycles. The molecule has 0 radical (unpaired) electrons. The summed E-state index contributed by atoms with van der Waals surface area (Å²) in [6.07, 6.45) is -0.872. The van der Waals surface area contributed by atoms with Gasteiger partial charge in [0.05, 0.1) is 22.2 Å². The Balaban J connectivity index is 0.000000472. The van der Waals surface area contributed by atoms with E-state index in [1.54, 1.807) is 10.9 Å². The summed E-state index contributed by atoms with van der Waals surface area (Å²) in [7, 11) is 4.12. The van der Waals surface area contributed by atoms with E-state index in [1.807, 2.05) is 55.6 Å². The van der Waals surface area contributed by atoms with E-state index in [0.29, 0.717) is 15.2 Å². The largest absolute Gasteiger partial charge is 0.490 e. The van der Waals surface area contributed by atoms with Crippen molar-refractivity contribution in [1.29, 1.82) is 0 Å². The molecule has 2 aromatic carbocycles. The molecule has 0 aliphatic carbocycles. The molecule has 1 aliphatic rings. The summed E-state index contributed by atoms with van der Waals surface area (Å²) in [6.45, 7) is 4.36. The lowest BCUT2D eigenvalue weighted by Crippen LogP contribution is -2.32. The molecule has 14 heteroatoms. The van der Waals surface area contributed by atoms with Crippen molar-refractivity contribution in [1.82, 2.24) is 24.0 Å². The molecule has 0 amide bonds. The number of hydrogen-bond acceptors (Lipinski definition) is 7. The van der Waals surface area contributed by atoms with Crippen LogP contribution in [0.2, 0.25) is 5.02 Å². The lowest BCUT2D eigenvalue weighted by Gasteiger charge is -2.22. The smallest absolute Gasteiger partial charge is 0.475 e. The van der Waals surface area contributed by atoms with Crippen molar-refractivity contribution in [2.75, 3.05) is 38.1 Å². The van der Waals surface area contributed by atoms with Crippen LogP contribution in [-0.2, 0) is 11.8 Å². The second-order valence-electron chi connectivity index (χ2n) is 10.2. The fraction of sp³-hybridized carbons (Fsp3) is 0.310. The zero-order valence-corrected chi connectivity index (χ0v) is 24.9. The minimum atomic E-state index is -5.08. The number of aromatic nitrogens is 4. The molecule has 5 aromatic rings. The summed E-state index contributed by atoms with van der Waals surface area (Å²) >= 11 is 7.49. The molecule has 0 unspecified atom stereocenters. The third kappa shape index (κ3) is 6.68. The highest BCUT2D eigenvalue weighted by Gasteiger charge is 2.38. The Kier molecular flexibility index (Phi) is 8.76. The number of aryl methyl sites for hydroxylation is 1. The summed E-state index contributed by atoms with van der Waals surface area (Å²) < 4.78 is 36.1. The maximum absolute atomic E-state index is 13.5. The molecule has 4 heterocycles. The minimum absolute atomic E-state index is 0.0744. The Bertz CT molecular complexity index is 1830. The molecule has 1 fully saturated rings. The molecule has 1 N–H and O–H groups in total. The number of aliphatic carboxylic acids is 1. The number of nitrogens with zero attached hydrogens (tertiary/aromatic N) is 6. The van der Waals surface area contributed by atoms with Crippen molar-refractivity contribution >= 4 is 56.1 Å². The van der Waals surface area contributed by atoms with Gasteiger partial charge in [0, 0.05) is 37.1 Å². The number of hydrogen-bond donors (Lipinski definition) is 1. The predicted octanol–water partition coefficient (Wildman–Crippen LogP) is 5.82. The molecule has 0 atom stereocenters. The van der Waals surface area contributed by atoms with Crippen molar-refractivity contribution < 1.29 is 23.1 Å². The zero-order valence-electron chi connectivity index (χ0n) is 23.3. The van der Waals surface area contributed by atoms with Gasteiger partial charge in [-0.15, -0.1) is 11.3 Å². The maximum atomic E-state index is 13.5. The number of fused-ring (bicyclic) bond motifs is 2. The van der Waals surface area contributed by atoms with Gasteiger partial charge in [0.1, 0.15) is 11.0 Å². The molecule has 226 valence electrons. The average Bonchev–Trinajstić information content (AvgIpc) is 3.72. The van der Waals surface area contributed by atoms with Crippen LogP contribution in [0.3, 0.4) is 0 Å². The van der Waals surface area contributed by atoms with Crippen LogP contribution in [0.4, 0.5) is 19.1 Å². The fourth-order valence-corrected chi connectivity index (χ4v) is 6.08. The third-order valence-electron chi connectivity index (χ3n) is 7.22. The lowest BCUT2D eigenvalue weighted by atomic mass is 10.2. The van der Waals surface area contributed by atoms with E-state index in [0.717, 1.165) is 46.2 Å². The second kappa shape index (κ2) is 12.3. The summed E-state index contributed by atoms with van der Waals surface area (Å²) in [5.74, 6) is -1.83. The lowest BCUT2D eigenvalue weighted by molar-refractivity contribution is -0.192. The van der Waals surface area contributed by atoms with Crippen molar-refractivity contribution in [2.45, 2.75) is 19.0 Å². The van der Waals surface area contributed by atoms with Crippen molar-refractivity contribution in [3.63, 3.8) is 0 Å². The fourth-order valence-electron chi connectivity index (χ4n) is 4.91. The first kappa shape index (κ1) is 30.5. The van der Waals surface area contributed by atoms with E-state index < -0.39 is 12.1 Å². The van der Waals surface area contributed by atoms with Gasteiger partial charge in [-0.1, -0.05) is 23.7 Å². The van der Waals surface area contributed by atoms with Crippen LogP contribution in [0.25, 0.3) is 37.4 Å². The van der Waals surface area contributed by atoms with Gasteiger partial charge in [0.15, 0.2) is 0 Å². The number of likely N-dealkylation sites (N-methyl/N-ethyl adjacent to an activating group) is 1. The number of anilines is 1. The van der Waals surface area contributed by atoms with Crippen molar-refractivity contribution in [3.05, 3.63) is 70.2 Å². The number of carboxylic acid groups (broad SMARTS) is 1. The van der Waals surface area contributed by atoms with Crippen LogP contribution in [0.15, 0.2) is 59.7 Å². The number of carboxylic acids is 1. The standard InChI is InChI=1S/C27H27ClN6OS.C2HF3O2/c1-31(13-14-33-11-3-4-12-33)27-30-21-10-9-20(15-23(21)32(27)2)34-17-29-22-16-24(36-25(22)26(34)35)18-5-7-19(28)8-6-18;3-2(4,5)1(6)7/h5-10,15-17H,3-4,11-14H2,1-2H3;(H,6,7). The van der Waals surface area contributed by atoms with Crippen LogP contribution >= 0.6 is 22.9 Å². The summed E-state index contributed by atoms with van der Waals surface area (Å²) in [5.41, 5.74) is 4.32. The molecule has 1 aliphatic heterocycles. The highest BCUT2D eigenvalue weighted by molar-refractivity contribution is 7.22. The highest BCUT2D eigenvalue weighted by Crippen LogP contribution is 2.32. The summed E-state index contributed by atoms with van der Waals surface area (Å²) in [4.78, 5) is 37.5. The topological polar surface area (TPSA) is 96.5 Å². The van der Waals surface area contributed by atoms with E-state index in [4.69, 9.17) is 26.5 Å². The minimum Gasteiger partial charge on any atom is -0.475 e. The van der Waals surface area contributed by atoms with E-state index in [1.165, 1.54) is 37.3 Å². The molecule has 6 rings (SSSR count). The van der Waals surface area contributed by atoms with E-state index in [2.05, 4.69) is 26.4 Å².